The highest BCUT2D eigenvalue weighted by molar-refractivity contribution is 5.42. The Morgan fingerprint density at radius 2 is 2.54 bits per heavy atom. The summed E-state index contributed by atoms with van der Waals surface area (Å²) in [6.45, 7) is 0.146. The Morgan fingerprint density at radius 3 is 3.23 bits per heavy atom. The highest BCUT2D eigenvalue weighted by Gasteiger charge is 1.87. The molecule has 5 nitrogen and oxygen atoms in total. The second-order valence-electron chi connectivity index (χ2n) is 2.17. The third kappa shape index (κ3) is 3.14. The van der Waals surface area contributed by atoms with Crippen molar-refractivity contribution >= 4 is 5.69 Å². The van der Waals surface area contributed by atoms with Crippen LogP contribution in [0.4, 0.5) is 5.69 Å². The van der Waals surface area contributed by atoms with Gasteiger partial charge in [0.1, 0.15) is 5.69 Å². The second kappa shape index (κ2) is 4.65. The van der Waals surface area contributed by atoms with E-state index in [4.69, 9.17) is 11.3 Å². The summed E-state index contributed by atoms with van der Waals surface area (Å²) in [5, 5.41) is 3.26. The smallest absolute Gasteiger partial charge is 0.115 e. The number of aromatic nitrogens is 1. The largest absolute Gasteiger partial charge is 0.399 e. The first kappa shape index (κ1) is 8.91. The number of rotatable bonds is 1. The van der Waals surface area contributed by atoms with Crippen molar-refractivity contribution in [1.82, 2.24) is 4.98 Å². The predicted molar refractivity (Wildman–Crippen MR) is 49.5 cm³/mol. The summed E-state index contributed by atoms with van der Waals surface area (Å²) in [6.07, 6.45) is 1.58. The van der Waals surface area contributed by atoms with Gasteiger partial charge in [0.15, 0.2) is 0 Å². The number of nitrogens with two attached hydrogens (primary N) is 1. The van der Waals surface area contributed by atoms with Crippen LogP contribution in [0, 0.1) is 11.8 Å². The van der Waals surface area contributed by atoms with Crippen molar-refractivity contribution in [2.24, 2.45) is 5.11 Å². The van der Waals surface area contributed by atoms with Crippen LogP contribution in [0.15, 0.2) is 23.4 Å². The normalized spacial score (nSPS) is 8.00. The monoisotopic (exact) mass is 173 g/mol. The first-order valence-electron chi connectivity index (χ1n) is 3.54. The zero-order valence-electron chi connectivity index (χ0n) is 6.81. The van der Waals surface area contributed by atoms with Gasteiger partial charge in [0.25, 0.3) is 0 Å². The summed E-state index contributed by atoms with van der Waals surface area (Å²) in [5.41, 5.74) is 14.7. The number of nitrogens with zero attached hydrogens (tertiary/aromatic N) is 4. The molecule has 13 heavy (non-hydrogen) atoms. The molecule has 0 atom stereocenters. The number of pyridine rings is 1. The van der Waals surface area contributed by atoms with E-state index < -0.39 is 0 Å². The molecule has 0 aliphatic carbocycles. The highest BCUT2D eigenvalue weighted by atomic mass is 15.1. The Labute approximate surface area is 75.2 Å². The van der Waals surface area contributed by atoms with Gasteiger partial charge >= 0.3 is 0 Å². The molecule has 0 unspecified atom stereocenters. The topological polar surface area (TPSA) is 87.7 Å². The van der Waals surface area contributed by atoms with Crippen LogP contribution in [-0.4, -0.2) is 11.5 Å². The Hall–Kier alpha value is -2.18. The number of hydrogen-bond donors (Lipinski definition) is 1. The van der Waals surface area contributed by atoms with Crippen molar-refractivity contribution in [2.45, 2.75) is 0 Å². The third-order valence-corrected chi connectivity index (χ3v) is 1.21. The molecule has 0 radical (unpaired) electrons. The number of hydrogen-bond acceptors (Lipinski definition) is 3. The van der Waals surface area contributed by atoms with Gasteiger partial charge in [-0.15, -0.1) is 0 Å². The standard InChI is InChI=1S/C8H7N5/c9-7-3-5-11-8(6-7)2-1-4-12-13-10/h3,5-6H,4H2,(H2,9,11). The van der Waals surface area contributed by atoms with Gasteiger partial charge in [0.2, 0.25) is 0 Å². The summed E-state index contributed by atoms with van der Waals surface area (Å²) in [6, 6.07) is 3.34. The maximum Gasteiger partial charge on any atom is 0.115 e. The first-order chi connectivity index (χ1) is 6.33. The molecular formula is C8H7N5. The fraction of sp³-hybridized carbons (Fsp3) is 0.125. The van der Waals surface area contributed by atoms with Crippen molar-refractivity contribution in [3.8, 4) is 11.8 Å². The van der Waals surface area contributed by atoms with Crippen LogP contribution in [0.5, 0.6) is 0 Å². The molecule has 0 saturated heterocycles. The zero-order valence-corrected chi connectivity index (χ0v) is 6.81. The van der Waals surface area contributed by atoms with Crippen LogP contribution in [0.1, 0.15) is 5.69 Å². The van der Waals surface area contributed by atoms with Crippen molar-refractivity contribution in [3.63, 3.8) is 0 Å². The molecule has 0 saturated carbocycles. The highest BCUT2D eigenvalue weighted by Crippen LogP contribution is 2.00. The minimum Gasteiger partial charge on any atom is -0.399 e. The molecule has 0 fully saturated rings. The van der Waals surface area contributed by atoms with Crippen LogP contribution >= 0.6 is 0 Å². The minimum atomic E-state index is 0.146. The molecule has 1 aromatic heterocycles. The maximum absolute atomic E-state index is 7.96. The molecule has 0 aliphatic rings. The first-order valence-corrected chi connectivity index (χ1v) is 3.54. The number of azide groups is 1. The van der Waals surface area contributed by atoms with Gasteiger partial charge in [-0.1, -0.05) is 11.0 Å². The summed E-state index contributed by atoms with van der Waals surface area (Å²) < 4.78 is 0. The molecule has 0 bridgehead atoms. The quantitative estimate of drug-likeness (QED) is 0.300. The van der Waals surface area contributed by atoms with E-state index in [1.807, 2.05) is 0 Å². The Kier molecular flexibility index (Phi) is 3.19. The predicted octanol–water partition coefficient (Wildman–Crippen LogP) is 1.33. The minimum absolute atomic E-state index is 0.146. The lowest BCUT2D eigenvalue weighted by Gasteiger charge is -1.90. The molecular weight excluding hydrogens is 166 g/mol. The summed E-state index contributed by atoms with van der Waals surface area (Å²) >= 11 is 0. The van der Waals surface area contributed by atoms with E-state index in [1.165, 1.54) is 0 Å². The van der Waals surface area contributed by atoms with Crippen LogP contribution in [0.3, 0.4) is 0 Å². The average molecular weight is 173 g/mol. The van der Waals surface area contributed by atoms with Gasteiger partial charge in [0, 0.05) is 16.8 Å². The van der Waals surface area contributed by atoms with E-state index in [9.17, 15) is 0 Å². The van der Waals surface area contributed by atoms with E-state index in [1.54, 1.807) is 18.3 Å². The van der Waals surface area contributed by atoms with Crippen molar-refractivity contribution in [1.29, 1.82) is 0 Å². The lowest BCUT2D eigenvalue weighted by atomic mass is 10.3. The fourth-order valence-corrected chi connectivity index (χ4v) is 0.712. The Balaban J connectivity index is 2.71. The molecule has 0 aliphatic heterocycles. The molecule has 1 aromatic rings. The summed E-state index contributed by atoms with van der Waals surface area (Å²) in [5.74, 6) is 5.36. The van der Waals surface area contributed by atoms with Crippen LogP contribution in [0.25, 0.3) is 10.4 Å². The van der Waals surface area contributed by atoms with Gasteiger partial charge in [-0.3, -0.25) is 0 Å². The van der Waals surface area contributed by atoms with Gasteiger partial charge in [-0.25, -0.2) is 4.98 Å². The molecule has 0 aromatic carbocycles. The molecule has 0 amide bonds. The van der Waals surface area contributed by atoms with Gasteiger partial charge in [-0.05, 0) is 23.6 Å². The summed E-state index contributed by atoms with van der Waals surface area (Å²) in [7, 11) is 0. The average Bonchev–Trinajstić information content (AvgIpc) is 2.13. The van der Waals surface area contributed by atoms with Gasteiger partial charge in [0.05, 0.1) is 6.54 Å². The van der Waals surface area contributed by atoms with Crippen LogP contribution < -0.4 is 5.73 Å². The molecule has 2 N–H and O–H groups in total. The molecule has 1 rings (SSSR count). The number of anilines is 1. The molecule has 1 heterocycles. The van der Waals surface area contributed by atoms with Gasteiger partial charge < -0.3 is 5.73 Å². The lowest BCUT2D eigenvalue weighted by Crippen LogP contribution is -1.87. The van der Waals surface area contributed by atoms with Crippen LogP contribution in [-0.2, 0) is 0 Å². The zero-order chi connectivity index (χ0) is 9.52. The molecule has 64 valence electrons. The van der Waals surface area contributed by atoms with E-state index in [2.05, 4.69) is 26.9 Å². The van der Waals surface area contributed by atoms with Crippen molar-refractivity contribution in [2.75, 3.05) is 12.3 Å². The maximum atomic E-state index is 7.96. The van der Waals surface area contributed by atoms with E-state index in [-0.39, 0.29) is 6.54 Å². The fourth-order valence-electron chi connectivity index (χ4n) is 0.712. The van der Waals surface area contributed by atoms with Gasteiger partial charge in [-0.2, -0.15) is 0 Å². The Morgan fingerprint density at radius 1 is 1.69 bits per heavy atom. The van der Waals surface area contributed by atoms with Crippen molar-refractivity contribution < 1.29 is 0 Å². The van der Waals surface area contributed by atoms with E-state index >= 15 is 0 Å². The number of nitrogen functional groups attached to an aromatic ring is 1. The molecule has 0 spiro atoms. The second-order valence-corrected chi connectivity index (χ2v) is 2.17. The van der Waals surface area contributed by atoms with Crippen molar-refractivity contribution in [3.05, 3.63) is 34.5 Å². The Bertz CT molecular complexity index is 394. The third-order valence-electron chi connectivity index (χ3n) is 1.21. The lowest BCUT2D eigenvalue weighted by molar-refractivity contribution is 1.24. The SMILES string of the molecule is [N-]=[N+]=NCC#Cc1cc(N)ccn1. The van der Waals surface area contributed by atoms with Crippen LogP contribution in [0.2, 0.25) is 0 Å². The molecule has 5 heteroatoms. The van der Waals surface area contributed by atoms with E-state index in [0.717, 1.165) is 0 Å². The van der Waals surface area contributed by atoms with E-state index in [0.29, 0.717) is 11.4 Å². The summed E-state index contributed by atoms with van der Waals surface area (Å²) in [4.78, 5) is 6.51.